The molecule has 1 aromatic rings. The molecule has 0 unspecified atom stereocenters. The topological polar surface area (TPSA) is 111 Å². The first kappa shape index (κ1) is 19.0. The van der Waals surface area contributed by atoms with Crippen molar-refractivity contribution in [2.45, 2.75) is 32.2 Å². The van der Waals surface area contributed by atoms with Crippen LogP contribution in [0.15, 0.2) is 24.3 Å². The number of amides is 3. The minimum atomic E-state index is -0.442. The summed E-state index contributed by atoms with van der Waals surface area (Å²) in [4.78, 5) is 50.6. The van der Waals surface area contributed by atoms with Crippen molar-refractivity contribution < 1.29 is 28.8 Å². The number of nitrogens with zero attached hydrogens (tertiary/aromatic N) is 1. The Morgan fingerprint density at radius 1 is 1.19 bits per heavy atom. The molecular formula is C19H24N3O5+. The van der Waals surface area contributed by atoms with E-state index in [-0.39, 0.29) is 36.7 Å². The summed E-state index contributed by atoms with van der Waals surface area (Å²) in [7, 11) is 0. The third kappa shape index (κ3) is 3.85. The van der Waals surface area contributed by atoms with E-state index in [1.807, 2.05) is 0 Å². The van der Waals surface area contributed by atoms with Gasteiger partial charge in [-0.2, -0.15) is 0 Å². The van der Waals surface area contributed by atoms with Crippen LogP contribution in [0.2, 0.25) is 0 Å². The molecule has 2 aliphatic heterocycles. The first-order chi connectivity index (χ1) is 12.9. The van der Waals surface area contributed by atoms with E-state index >= 15 is 0 Å². The Morgan fingerprint density at radius 3 is 2.37 bits per heavy atom. The molecule has 2 fully saturated rings. The Bertz CT molecular complexity index is 753. The zero-order valence-corrected chi connectivity index (χ0v) is 15.3. The van der Waals surface area contributed by atoms with Crippen LogP contribution in [-0.2, 0) is 19.1 Å². The summed E-state index contributed by atoms with van der Waals surface area (Å²) >= 11 is 0. The number of carbonyl (C=O) groups excluding carboxylic acids is 4. The average Bonchev–Trinajstić information content (AvgIpc) is 2.96. The lowest BCUT2D eigenvalue weighted by Crippen LogP contribution is -3.17. The third-order valence-electron chi connectivity index (χ3n) is 5.31. The number of ether oxygens (including phenoxy) is 1. The van der Waals surface area contributed by atoms with E-state index in [1.54, 1.807) is 31.2 Å². The number of nitrogens with two attached hydrogens (primary N) is 1. The van der Waals surface area contributed by atoms with Gasteiger partial charge in [-0.25, -0.2) is 9.69 Å². The van der Waals surface area contributed by atoms with E-state index in [0.29, 0.717) is 37.2 Å². The maximum atomic E-state index is 12.9. The molecule has 144 valence electrons. The van der Waals surface area contributed by atoms with Crippen molar-refractivity contribution in [2.24, 2.45) is 11.7 Å². The van der Waals surface area contributed by atoms with E-state index in [0.717, 1.165) is 4.90 Å². The summed E-state index contributed by atoms with van der Waals surface area (Å²) in [6.45, 7) is 3.29. The van der Waals surface area contributed by atoms with Crippen LogP contribution in [0.1, 0.15) is 36.5 Å². The number of quaternary nitrogens is 1. The van der Waals surface area contributed by atoms with Gasteiger partial charge in [0.05, 0.1) is 37.4 Å². The molecule has 0 spiro atoms. The van der Waals surface area contributed by atoms with Gasteiger partial charge in [-0.1, -0.05) is 0 Å². The molecule has 2 heterocycles. The van der Waals surface area contributed by atoms with Crippen LogP contribution in [0.4, 0.5) is 5.69 Å². The molecular weight excluding hydrogens is 350 g/mol. The SMILES string of the molecule is CCOC(=O)c1ccc(N2C(=O)C[C@@H]([NH+]3CCC(C(N)=O)CC3)C2=O)cc1. The average molecular weight is 374 g/mol. The highest BCUT2D eigenvalue weighted by molar-refractivity contribution is 6.22. The fraction of sp³-hybridized carbons (Fsp3) is 0.474. The van der Waals surface area contributed by atoms with Crippen molar-refractivity contribution >= 4 is 29.4 Å². The quantitative estimate of drug-likeness (QED) is 0.522. The van der Waals surface area contributed by atoms with Crippen LogP contribution in [0, 0.1) is 5.92 Å². The van der Waals surface area contributed by atoms with Crippen molar-refractivity contribution in [1.29, 1.82) is 0 Å². The van der Waals surface area contributed by atoms with Gasteiger partial charge in [-0.15, -0.1) is 0 Å². The smallest absolute Gasteiger partial charge is 0.338 e. The molecule has 0 bridgehead atoms. The molecule has 3 rings (SSSR count). The number of primary amides is 1. The zero-order chi connectivity index (χ0) is 19.6. The number of piperidine rings is 1. The lowest BCUT2D eigenvalue weighted by Gasteiger charge is -2.30. The number of likely N-dealkylation sites (tertiary alicyclic amines) is 1. The summed E-state index contributed by atoms with van der Waals surface area (Å²) in [6.07, 6.45) is 1.42. The van der Waals surface area contributed by atoms with Crippen LogP contribution in [0.25, 0.3) is 0 Å². The standard InChI is InChI=1S/C19H23N3O5/c1-2-27-19(26)13-3-5-14(6-4-13)22-16(23)11-15(18(22)25)21-9-7-12(8-10-21)17(20)24/h3-6,12,15H,2,7-11H2,1H3,(H2,20,24)/p+1/t15-/m1/s1. The molecule has 1 aromatic carbocycles. The number of anilines is 1. The van der Waals surface area contributed by atoms with Crippen LogP contribution in [0.5, 0.6) is 0 Å². The minimum absolute atomic E-state index is 0.146. The van der Waals surface area contributed by atoms with Gasteiger partial charge in [0.2, 0.25) is 11.8 Å². The highest BCUT2D eigenvalue weighted by Crippen LogP contribution is 2.23. The van der Waals surface area contributed by atoms with Gasteiger partial charge in [0.15, 0.2) is 6.04 Å². The predicted molar refractivity (Wildman–Crippen MR) is 95.9 cm³/mol. The molecule has 8 nitrogen and oxygen atoms in total. The normalized spacial score (nSPS) is 25.5. The molecule has 0 saturated carbocycles. The van der Waals surface area contributed by atoms with Gasteiger partial charge in [-0.3, -0.25) is 14.4 Å². The van der Waals surface area contributed by atoms with Crippen LogP contribution >= 0.6 is 0 Å². The fourth-order valence-corrected chi connectivity index (χ4v) is 3.80. The van der Waals surface area contributed by atoms with Gasteiger partial charge < -0.3 is 15.4 Å². The number of imide groups is 1. The fourth-order valence-electron chi connectivity index (χ4n) is 3.80. The zero-order valence-electron chi connectivity index (χ0n) is 15.3. The molecule has 3 N–H and O–H groups in total. The lowest BCUT2D eigenvalue weighted by atomic mass is 9.95. The number of rotatable bonds is 5. The second kappa shape index (κ2) is 7.87. The number of hydrogen-bond donors (Lipinski definition) is 2. The van der Waals surface area contributed by atoms with E-state index in [4.69, 9.17) is 10.5 Å². The summed E-state index contributed by atoms with van der Waals surface area (Å²) in [6, 6.07) is 5.83. The van der Waals surface area contributed by atoms with Gasteiger partial charge in [0, 0.05) is 18.8 Å². The van der Waals surface area contributed by atoms with Crippen LogP contribution < -0.4 is 15.5 Å². The van der Waals surface area contributed by atoms with Gasteiger partial charge in [0.1, 0.15) is 0 Å². The maximum Gasteiger partial charge on any atom is 0.338 e. The van der Waals surface area contributed by atoms with Gasteiger partial charge in [-0.05, 0) is 31.2 Å². The number of nitrogens with one attached hydrogen (secondary N) is 1. The van der Waals surface area contributed by atoms with E-state index < -0.39 is 12.0 Å². The molecule has 2 saturated heterocycles. The van der Waals surface area contributed by atoms with Crippen molar-refractivity contribution in [3.05, 3.63) is 29.8 Å². The number of benzene rings is 1. The number of esters is 1. The summed E-state index contributed by atoms with van der Waals surface area (Å²) in [5.41, 5.74) is 6.18. The second-order valence-electron chi connectivity index (χ2n) is 6.93. The summed E-state index contributed by atoms with van der Waals surface area (Å²) in [5.74, 6) is -1.38. The van der Waals surface area contributed by atoms with Crippen LogP contribution in [-0.4, -0.2) is 49.4 Å². The Morgan fingerprint density at radius 2 is 1.81 bits per heavy atom. The van der Waals surface area contributed by atoms with Crippen molar-refractivity contribution in [1.82, 2.24) is 0 Å². The monoisotopic (exact) mass is 374 g/mol. The van der Waals surface area contributed by atoms with E-state index in [2.05, 4.69) is 0 Å². The Labute approximate surface area is 157 Å². The molecule has 0 radical (unpaired) electrons. The first-order valence-electron chi connectivity index (χ1n) is 9.20. The predicted octanol–water partition coefficient (Wildman–Crippen LogP) is -0.725. The Balaban J connectivity index is 1.69. The minimum Gasteiger partial charge on any atom is -0.462 e. The van der Waals surface area contributed by atoms with Gasteiger partial charge in [0.25, 0.3) is 5.91 Å². The third-order valence-corrected chi connectivity index (χ3v) is 5.31. The number of carbonyl (C=O) groups is 4. The largest absolute Gasteiger partial charge is 0.462 e. The van der Waals surface area contributed by atoms with Crippen molar-refractivity contribution in [3.8, 4) is 0 Å². The van der Waals surface area contributed by atoms with Crippen molar-refractivity contribution in [2.75, 3.05) is 24.6 Å². The molecule has 8 heteroatoms. The highest BCUT2D eigenvalue weighted by atomic mass is 16.5. The molecule has 2 aliphatic rings. The first-order valence-corrected chi connectivity index (χ1v) is 9.20. The molecule has 1 atom stereocenters. The summed E-state index contributed by atoms with van der Waals surface area (Å²) in [5, 5.41) is 0. The molecule has 3 amide bonds. The Kier molecular flexibility index (Phi) is 5.55. The Hall–Kier alpha value is -2.74. The maximum absolute atomic E-state index is 12.9. The molecule has 0 aliphatic carbocycles. The van der Waals surface area contributed by atoms with Crippen molar-refractivity contribution in [3.63, 3.8) is 0 Å². The molecule has 27 heavy (non-hydrogen) atoms. The van der Waals surface area contributed by atoms with E-state index in [1.165, 1.54) is 4.90 Å². The number of hydrogen-bond acceptors (Lipinski definition) is 5. The summed E-state index contributed by atoms with van der Waals surface area (Å²) < 4.78 is 4.93. The second-order valence-corrected chi connectivity index (χ2v) is 6.93. The van der Waals surface area contributed by atoms with E-state index in [9.17, 15) is 19.2 Å². The van der Waals surface area contributed by atoms with Crippen LogP contribution in [0.3, 0.4) is 0 Å². The molecule has 0 aromatic heterocycles. The van der Waals surface area contributed by atoms with Gasteiger partial charge >= 0.3 is 5.97 Å². The lowest BCUT2D eigenvalue weighted by molar-refractivity contribution is -0.920. The highest BCUT2D eigenvalue weighted by Gasteiger charge is 2.46.